The van der Waals surface area contributed by atoms with Crippen LogP contribution in [0.3, 0.4) is 0 Å². The van der Waals surface area contributed by atoms with E-state index >= 15 is 0 Å². The molecule has 168 valence electrons. The van der Waals surface area contributed by atoms with Gasteiger partial charge in [-0.25, -0.2) is 16.8 Å². The first-order valence-corrected chi connectivity index (χ1v) is 13.0. The third kappa shape index (κ3) is 4.82. The molecule has 1 saturated heterocycles. The molecule has 1 amide bonds. The van der Waals surface area contributed by atoms with Gasteiger partial charge in [0.25, 0.3) is 5.91 Å². The number of benzene rings is 2. The molecule has 1 fully saturated rings. The van der Waals surface area contributed by atoms with Gasteiger partial charge in [0.05, 0.1) is 9.79 Å². The molecule has 0 aromatic heterocycles. The second kappa shape index (κ2) is 9.47. The van der Waals surface area contributed by atoms with E-state index in [0.29, 0.717) is 13.1 Å². The minimum Gasteiger partial charge on any atom is -0.336 e. The summed E-state index contributed by atoms with van der Waals surface area (Å²) >= 11 is 0. The van der Waals surface area contributed by atoms with Crippen molar-refractivity contribution in [1.82, 2.24) is 13.5 Å². The molecule has 1 aliphatic rings. The van der Waals surface area contributed by atoms with Crippen molar-refractivity contribution >= 4 is 26.0 Å². The second-order valence-electron chi connectivity index (χ2n) is 7.13. The highest BCUT2D eigenvalue weighted by atomic mass is 32.2. The van der Waals surface area contributed by atoms with Crippen LogP contribution in [0.5, 0.6) is 0 Å². The predicted octanol–water partition coefficient (Wildman–Crippen LogP) is 1.86. The molecule has 0 N–H and O–H groups in total. The van der Waals surface area contributed by atoms with Gasteiger partial charge in [0.2, 0.25) is 20.0 Å². The monoisotopic (exact) mass is 465 g/mol. The third-order valence-corrected chi connectivity index (χ3v) is 9.29. The van der Waals surface area contributed by atoms with Gasteiger partial charge in [-0.15, -0.1) is 0 Å². The number of hydrogen-bond acceptors (Lipinski definition) is 5. The quantitative estimate of drug-likeness (QED) is 0.622. The maximum Gasteiger partial charge on any atom is 0.253 e. The zero-order chi connectivity index (χ0) is 22.6. The molecule has 0 aliphatic carbocycles. The molecule has 2 aromatic rings. The minimum absolute atomic E-state index is 0.0762. The predicted molar refractivity (Wildman–Crippen MR) is 118 cm³/mol. The fourth-order valence-corrected chi connectivity index (χ4v) is 6.51. The van der Waals surface area contributed by atoms with Gasteiger partial charge >= 0.3 is 0 Å². The molecular weight excluding hydrogens is 438 g/mol. The van der Waals surface area contributed by atoms with E-state index in [9.17, 15) is 21.6 Å². The SMILES string of the molecule is CCN(CC)S(=O)(=O)c1cccc(C(=O)N2CCN(S(=O)(=O)c3ccccc3)CC2)c1. The molecule has 8 nitrogen and oxygen atoms in total. The van der Waals surface area contributed by atoms with Crippen molar-refractivity contribution in [3.05, 3.63) is 60.2 Å². The number of piperazine rings is 1. The molecule has 0 spiro atoms. The lowest BCUT2D eigenvalue weighted by Gasteiger charge is -2.34. The molecule has 2 aromatic carbocycles. The zero-order valence-corrected chi connectivity index (χ0v) is 19.3. The summed E-state index contributed by atoms with van der Waals surface area (Å²) in [5, 5.41) is 0. The summed E-state index contributed by atoms with van der Waals surface area (Å²) < 4.78 is 53.7. The molecule has 10 heteroatoms. The van der Waals surface area contributed by atoms with E-state index in [1.165, 1.54) is 20.7 Å². The molecule has 0 unspecified atom stereocenters. The first kappa shape index (κ1) is 23.4. The lowest BCUT2D eigenvalue weighted by molar-refractivity contribution is 0.0697. The van der Waals surface area contributed by atoms with Crippen LogP contribution in [0, 0.1) is 0 Å². The smallest absolute Gasteiger partial charge is 0.253 e. The Morgan fingerprint density at radius 1 is 0.839 bits per heavy atom. The van der Waals surface area contributed by atoms with E-state index in [2.05, 4.69) is 0 Å². The lowest BCUT2D eigenvalue weighted by atomic mass is 10.2. The van der Waals surface area contributed by atoms with Crippen molar-refractivity contribution in [3.63, 3.8) is 0 Å². The van der Waals surface area contributed by atoms with Crippen molar-refractivity contribution in [2.75, 3.05) is 39.3 Å². The average Bonchev–Trinajstić information content (AvgIpc) is 2.80. The molecule has 1 aliphatic heterocycles. The highest BCUT2D eigenvalue weighted by Gasteiger charge is 2.31. The Balaban J connectivity index is 1.73. The highest BCUT2D eigenvalue weighted by molar-refractivity contribution is 7.89. The summed E-state index contributed by atoms with van der Waals surface area (Å²) in [6.45, 7) is 5.04. The molecule has 31 heavy (non-hydrogen) atoms. The van der Waals surface area contributed by atoms with Crippen LogP contribution in [0.25, 0.3) is 0 Å². The summed E-state index contributed by atoms with van der Waals surface area (Å²) in [4.78, 5) is 14.8. The van der Waals surface area contributed by atoms with Gasteiger partial charge in [0, 0.05) is 44.8 Å². The molecule has 0 radical (unpaired) electrons. The summed E-state index contributed by atoms with van der Waals surface area (Å²) in [6.07, 6.45) is 0. The summed E-state index contributed by atoms with van der Waals surface area (Å²) in [7, 11) is -7.28. The third-order valence-electron chi connectivity index (χ3n) is 5.33. The van der Waals surface area contributed by atoms with Crippen LogP contribution < -0.4 is 0 Å². The van der Waals surface area contributed by atoms with E-state index in [0.717, 1.165) is 0 Å². The Hall–Kier alpha value is -2.27. The van der Waals surface area contributed by atoms with E-state index in [-0.39, 0.29) is 47.4 Å². The van der Waals surface area contributed by atoms with Crippen molar-refractivity contribution < 1.29 is 21.6 Å². The molecule has 3 rings (SSSR count). The highest BCUT2D eigenvalue weighted by Crippen LogP contribution is 2.20. The average molecular weight is 466 g/mol. The van der Waals surface area contributed by atoms with E-state index in [4.69, 9.17) is 0 Å². The largest absolute Gasteiger partial charge is 0.336 e. The normalized spacial score (nSPS) is 15.9. The fraction of sp³-hybridized carbons (Fsp3) is 0.381. The number of nitrogens with zero attached hydrogens (tertiary/aromatic N) is 3. The molecule has 0 saturated carbocycles. The van der Waals surface area contributed by atoms with Crippen LogP contribution >= 0.6 is 0 Å². The van der Waals surface area contributed by atoms with Crippen LogP contribution in [0.4, 0.5) is 0 Å². The van der Waals surface area contributed by atoms with Crippen molar-refractivity contribution in [2.45, 2.75) is 23.6 Å². The minimum atomic E-state index is -3.67. The van der Waals surface area contributed by atoms with Gasteiger partial charge in [0.15, 0.2) is 0 Å². The molecular formula is C21H27N3O5S2. The van der Waals surface area contributed by atoms with Crippen molar-refractivity contribution in [2.24, 2.45) is 0 Å². The standard InChI is InChI=1S/C21H27N3O5S2/c1-3-23(4-2)31(28,29)20-12-8-9-18(17-20)21(25)22-13-15-24(16-14-22)30(26,27)19-10-6-5-7-11-19/h5-12,17H,3-4,13-16H2,1-2H3. The number of carbonyl (C=O) groups is 1. The molecule has 0 bridgehead atoms. The van der Waals surface area contributed by atoms with Gasteiger partial charge in [0.1, 0.15) is 0 Å². The summed E-state index contributed by atoms with van der Waals surface area (Å²) in [5.74, 6) is -0.312. The van der Waals surface area contributed by atoms with Gasteiger partial charge < -0.3 is 4.90 Å². The van der Waals surface area contributed by atoms with Crippen LogP contribution in [0.15, 0.2) is 64.4 Å². The first-order chi connectivity index (χ1) is 14.7. The molecule has 1 heterocycles. The fourth-order valence-electron chi connectivity index (χ4n) is 3.56. The Morgan fingerprint density at radius 3 is 2.00 bits per heavy atom. The van der Waals surface area contributed by atoms with Crippen LogP contribution in [0.2, 0.25) is 0 Å². The topological polar surface area (TPSA) is 95.1 Å². The van der Waals surface area contributed by atoms with Gasteiger partial charge in [-0.1, -0.05) is 38.1 Å². The number of amides is 1. The Bertz CT molecular complexity index is 1120. The summed E-state index contributed by atoms with van der Waals surface area (Å²) in [5.41, 5.74) is 0.271. The second-order valence-corrected chi connectivity index (χ2v) is 11.0. The van der Waals surface area contributed by atoms with Crippen LogP contribution in [-0.4, -0.2) is 75.5 Å². The maximum absolute atomic E-state index is 13.0. The maximum atomic E-state index is 13.0. The van der Waals surface area contributed by atoms with Gasteiger partial charge in [-0.2, -0.15) is 8.61 Å². The Kier molecular flexibility index (Phi) is 7.15. The first-order valence-electron chi connectivity index (χ1n) is 10.2. The van der Waals surface area contributed by atoms with E-state index < -0.39 is 20.0 Å². The lowest BCUT2D eigenvalue weighted by Crippen LogP contribution is -2.50. The Morgan fingerprint density at radius 2 is 1.42 bits per heavy atom. The van der Waals surface area contributed by atoms with E-state index in [1.54, 1.807) is 61.2 Å². The molecule has 0 atom stereocenters. The number of carbonyl (C=O) groups excluding carboxylic acids is 1. The van der Waals surface area contributed by atoms with Crippen molar-refractivity contribution in [1.29, 1.82) is 0 Å². The van der Waals surface area contributed by atoms with Crippen LogP contribution in [-0.2, 0) is 20.0 Å². The van der Waals surface area contributed by atoms with Gasteiger partial charge in [-0.05, 0) is 30.3 Å². The van der Waals surface area contributed by atoms with E-state index in [1.807, 2.05) is 0 Å². The number of hydrogen-bond donors (Lipinski definition) is 0. The van der Waals surface area contributed by atoms with Crippen LogP contribution in [0.1, 0.15) is 24.2 Å². The zero-order valence-electron chi connectivity index (χ0n) is 17.6. The number of sulfonamides is 2. The van der Waals surface area contributed by atoms with Crippen molar-refractivity contribution in [3.8, 4) is 0 Å². The number of rotatable bonds is 7. The summed E-state index contributed by atoms with van der Waals surface area (Å²) in [6, 6.07) is 14.2. The Labute approximate surface area is 184 Å². The van der Waals surface area contributed by atoms with Gasteiger partial charge in [-0.3, -0.25) is 4.79 Å².